The SMILES string of the molecule is NC(=O)C12Cc3cccc(O)c3C(=O)C1=C(O)C1(O)C(=O)CC(O)CC1C2. The Morgan fingerprint density at radius 2 is 1.93 bits per heavy atom. The third-order valence-electron chi connectivity index (χ3n) is 6.21. The van der Waals surface area contributed by atoms with Crippen LogP contribution in [0.3, 0.4) is 0 Å². The van der Waals surface area contributed by atoms with Crippen molar-refractivity contribution in [3.63, 3.8) is 0 Å². The number of rotatable bonds is 1. The van der Waals surface area contributed by atoms with Gasteiger partial charge in [-0.3, -0.25) is 14.4 Å². The van der Waals surface area contributed by atoms with Crippen molar-refractivity contribution in [2.24, 2.45) is 17.1 Å². The zero-order chi connectivity index (χ0) is 19.7. The normalized spacial score (nSPS) is 35.3. The molecule has 8 heteroatoms. The molecule has 8 nitrogen and oxygen atoms in total. The Morgan fingerprint density at radius 1 is 1.22 bits per heavy atom. The molecule has 27 heavy (non-hydrogen) atoms. The molecule has 1 fully saturated rings. The van der Waals surface area contributed by atoms with Crippen LogP contribution in [0.25, 0.3) is 0 Å². The second kappa shape index (κ2) is 5.40. The first-order valence-corrected chi connectivity index (χ1v) is 8.66. The number of carbonyl (C=O) groups is 3. The van der Waals surface area contributed by atoms with Crippen LogP contribution in [0.2, 0.25) is 0 Å². The van der Waals surface area contributed by atoms with Crippen LogP contribution in [0.4, 0.5) is 0 Å². The van der Waals surface area contributed by atoms with E-state index in [0.29, 0.717) is 5.56 Å². The fourth-order valence-corrected chi connectivity index (χ4v) is 4.92. The van der Waals surface area contributed by atoms with Crippen molar-refractivity contribution in [3.8, 4) is 5.75 Å². The van der Waals surface area contributed by atoms with Gasteiger partial charge >= 0.3 is 0 Å². The monoisotopic (exact) mass is 373 g/mol. The second-order valence-corrected chi connectivity index (χ2v) is 7.67. The molecule has 4 rings (SSSR count). The Balaban J connectivity index is 2.02. The Bertz CT molecular complexity index is 936. The van der Waals surface area contributed by atoms with Crippen LogP contribution < -0.4 is 5.73 Å². The highest BCUT2D eigenvalue weighted by atomic mass is 16.3. The van der Waals surface area contributed by atoms with Crippen molar-refractivity contribution >= 4 is 17.5 Å². The summed E-state index contributed by atoms with van der Waals surface area (Å²) in [7, 11) is 0. The molecule has 0 spiro atoms. The highest BCUT2D eigenvalue weighted by Crippen LogP contribution is 2.56. The number of primary amides is 1. The standard InChI is InChI=1S/C19H19NO7/c20-17(26)18-6-8-2-1-3-11(22)13(8)15(24)14(18)16(25)19(27)9(7-18)4-10(21)5-12(19)23/h1-3,9-10,21-22,25,27H,4-7H2,(H2,20,26). The smallest absolute Gasteiger partial charge is 0.228 e. The minimum Gasteiger partial charge on any atom is -0.508 e. The number of fused-ring (bicyclic) bond motifs is 3. The molecular weight excluding hydrogens is 354 g/mol. The first-order valence-electron chi connectivity index (χ1n) is 8.66. The maximum atomic E-state index is 13.1. The average molecular weight is 373 g/mol. The molecule has 0 heterocycles. The lowest BCUT2D eigenvalue weighted by molar-refractivity contribution is -0.159. The van der Waals surface area contributed by atoms with Gasteiger partial charge in [-0.05, 0) is 30.9 Å². The lowest BCUT2D eigenvalue weighted by Gasteiger charge is -2.50. The Kier molecular flexibility index (Phi) is 3.54. The molecule has 1 amide bonds. The molecule has 3 aliphatic rings. The summed E-state index contributed by atoms with van der Waals surface area (Å²) in [6, 6.07) is 4.40. The molecule has 0 saturated heterocycles. The van der Waals surface area contributed by atoms with E-state index < -0.39 is 51.8 Å². The summed E-state index contributed by atoms with van der Waals surface area (Å²) in [6.45, 7) is 0. The maximum absolute atomic E-state index is 13.1. The van der Waals surface area contributed by atoms with E-state index in [1.54, 1.807) is 6.07 Å². The van der Waals surface area contributed by atoms with E-state index in [4.69, 9.17) is 5.73 Å². The summed E-state index contributed by atoms with van der Waals surface area (Å²) in [6.07, 6.45) is -1.63. The van der Waals surface area contributed by atoms with Crippen LogP contribution in [0.5, 0.6) is 5.75 Å². The van der Waals surface area contributed by atoms with E-state index in [1.165, 1.54) is 12.1 Å². The predicted molar refractivity (Wildman–Crippen MR) is 90.7 cm³/mol. The number of benzene rings is 1. The van der Waals surface area contributed by atoms with Crippen LogP contribution in [0, 0.1) is 11.3 Å². The van der Waals surface area contributed by atoms with E-state index in [-0.39, 0.29) is 37.0 Å². The van der Waals surface area contributed by atoms with Crippen LogP contribution in [-0.2, 0) is 16.0 Å². The molecule has 0 radical (unpaired) electrons. The Hall–Kier alpha value is -2.71. The van der Waals surface area contributed by atoms with Crippen LogP contribution in [0.1, 0.15) is 35.2 Å². The number of hydrogen-bond acceptors (Lipinski definition) is 7. The van der Waals surface area contributed by atoms with Gasteiger partial charge in [0.2, 0.25) is 5.91 Å². The molecule has 1 aromatic carbocycles. The molecule has 0 aromatic heterocycles. The molecule has 0 bridgehead atoms. The van der Waals surface area contributed by atoms with Crippen molar-refractivity contribution in [2.75, 3.05) is 0 Å². The third kappa shape index (κ3) is 2.08. The first-order chi connectivity index (χ1) is 12.6. The molecule has 4 unspecified atom stereocenters. The summed E-state index contributed by atoms with van der Waals surface area (Å²) in [5.41, 5.74) is 1.53. The van der Waals surface area contributed by atoms with Gasteiger partial charge < -0.3 is 26.2 Å². The van der Waals surface area contributed by atoms with Crippen LogP contribution in [-0.4, -0.2) is 49.6 Å². The molecule has 6 N–H and O–H groups in total. The summed E-state index contributed by atoms with van der Waals surface area (Å²) in [5.74, 6) is -4.71. The third-order valence-corrected chi connectivity index (χ3v) is 6.21. The largest absolute Gasteiger partial charge is 0.508 e. The van der Waals surface area contributed by atoms with Crippen molar-refractivity contribution in [1.82, 2.24) is 0 Å². The zero-order valence-electron chi connectivity index (χ0n) is 14.3. The van der Waals surface area contributed by atoms with E-state index in [0.717, 1.165) is 0 Å². The van der Waals surface area contributed by atoms with Crippen LogP contribution >= 0.6 is 0 Å². The van der Waals surface area contributed by atoms with Gasteiger partial charge in [0.1, 0.15) is 11.5 Å². The second-order valence-electron chi connectivity index (χ2n) is 7.67. The number of hydrogen-bond donors (Lipinski definition) is 5. The summed E-state index contributed by atoms with van der Waals surface area (Å²) in [5, 5.41) is 41.9. The number of Topliss-reactive ketones (excluding diaryl/α,β-unsaturated/α-hetero) is 2. The number of aliphatic hydroxyl groups is 3. The number of carbonyl (C=O) groups excluding carboxylic acids is 3. The number of nitrogens with two attached hydrogens (primary N) is 1. The number of phenols is 1. The van der Waals surface area contributed by atoms with Gasteiger partial charge in [-0.2, -0.15) is 0 Å². The molecule has 1 saturated carbocycles. The number of ketones is 2. The molecule has 1 aromatic rings. The van der Waals surface area contributed by atoms with E-state index in [1.807, 2.05) is 0 Å². The van der Waals surface area contributed by atoms with Gasteiger partial charge in [-0.1, -0.05) is 12.1 Å². The van der Waals surface area contributed by atoms with Gasteiger partial charge in [-0.25, -0.2) is 0 Å². The molecule has 142 valence electrons. The number of amides is 1. The minimum absolute atomic E-state index is 0.0182. The first kappa shape index (κ1) is 17.7. The highest BCUT2D eigenvalue weighted by Gasteiger charge is 2.64. The van der Waals surface area contributed by atoms with Crippen molar-refractivity contribution in [2.45, 2.75) is 37.4 Å². The van der Waals surface area contributed by atoms with Crippen LogP contribution in [0.15, 0.2) is 29.5 Å². The molecule has 4 atom stereocenters. The van der Waals surface area contributed by atoms with Crippen molar-refractivity contribution in [1.29, 1.82) is 0 Å². The van der Waals surface area contributed by atoms with Crippen molar-refractivity contribution in [3.05, 3.63) is 40.7 Å². The lowest BCUT2D eigenvalue weighted by atomic mass is 9.53. The summed E-state index contributed by atoms with van der Waals surface area (Å²) >= 11 is 0. The highest BCUT2D eigenvalue weighted by molar-refractivity contribution is 6.18. The van der Waals surface area contributed by atoms with Gasteiger partial charge in [0.25, 0.3) is 0 Å². The van der Waals surface area contributed by atoms with Crippen molar-refractivity contribution < 1.29 is 34.8 Å². The number of phenolic OH excluding ortho intramolecular Hbond substituents is 1. The number of aromatic hydroxyl groups is 1. The van der Waals surface area contributed by atoms with E-state index in [9.17, 15) is 34.8 Å². The fraction of sp³-hybridized carbons (Fsp3) is 0.421. The zero-order valence-corrected chi connectivity index (χ0v) is 14.3. The molecular formula is C19H19NO7. The predicted octanol–water partition coefficient (Wildman–Crippen LogP) is -0.110. The minimum atomic E-state index is -2.36. The van der Waals surface area contributed by atoms with E-state index in [2.05, 4.69) is 0 Å². The summed E-state index contributed by atoms with van der Waals surface area (Å²) < 4.78 is 0. The summed E-state index contributed by atoms with van der Waals surface area (Å²) in [4.78, 5) is 38.1. The maximum Gasteiger partial charge on any atom is 0.228 e. The average Bonchev–Trinajstić information content (AvgIpc) is 2.57. The molecule has 0 aliphatic heterocycles. The fourth-order valence-electron chi connectivity index (χ4n) is 4.92. The topological polar surface area (TPSA) is 158 Å². The van der Waals surface area contributed by atoms with Gasteiger partial charge in [0.15, 0.2) is 17.2 Å². The Morgan fingerprint density at radius 3 is 2.59 bits per heavy atom. The van der Waals surface area contributed by atoms with Gasteiger partial charge in [-0.15, -0.1) is 0 Å². The Labute approximate surface area is 153 Å². The quantitative estimate of drug-likeness (QED) is 0.459. The molecule has 3 aliphatic carbocycles. The van der Waals surface area contributed by atoms with Gasteiger partial charge in [0, 0.05) is 12.3 Å². The number of aliphatic hydroxyl groups excluding tert-OH is 2. The van der Waals surface area contributed by atoms with E-state index >= 15 is 0 Å². The van der Waals surface area contributed by atoms with Gasteiger partial charge in [0.05, 0.1) is 22.7 Å². The lowest BCUT2D eigenvalue weighted by Crippen LogP contribution is -2.62.